The Labute approximate surface area is 360 Å². The normalized spacial score (nSPS) is 14.1. The fraction of sp³-hybridized carbons (Fsp3) is 0.0333. The number of rotatable bonds is 7. The molecule has 1 unspecified atom stereocenters. The lowest BCUT2D eigenvalue weighted by Gasteiger charge is -2.38. The number of nitrogens with zero attached hydrogens (tertiary/aromatic N) is 1. The number of hydrogen-bond donors (Lipinski definition) is 0. The molecule has 1 aliphatic rings. The van der Waals surface area contributed by atoms with Gasteiger partial charge in [-0.05, 0) is 120 Å². The van der Waals surface area contributed by atoms with Crippen LogP contribution in [0.4, 0.5) is 11.4 Å². The Kier molecular flexibility index (Phi) is 8.67. The average Bonchev–Trinajstić information content (AvgIpc) is 3.72. The molecule has 10 aromatic carbocycles. The molecule has 0 amide bonds. The van der Waals surface area contributed by atoms with E-state index in [-0.39, 0.29) is 6.04 Å². The maximum Gasteiger partial charge on any atom is 0.137 e. The Morgan fingerprint density at radius 3 is 1.76 bits per heavy atom. The van der Waals surface area contributed by atoms with Gasteiger partial charge in [0.05, 0.1) is 6.04 Å². The lowest BCUT2D eigenvalue weighted by atomic mass is 9.82. The van der Waals surface area contributed by atoms with Crippen LogP contribution in [-0.2, 0) is 0 Å². The molecule has 11 aromatic rings. The van der Waals surface area contributed by atoms with Crippen LogP contribution in [-0.4, -0.2) is 6.04 Å². The maximum atomic E-state index is 6.55. The number of anilines is 2. The first-order valence-corrected chi connectivity index (χ1v) is 21.5. The van der Waals surface area contributed by atoms with E-state index in [9.17, 15) is 0 Å². The summed E-state index contributed by atoms with van der Waals surface area (Å²) in [6.07, 6.45) is 5.53. The van der Waals surface area contributed by atoms with Gasteiger partial charge < -0.3 is 9.32 Å². The van der Waals surface area contributed by atoms with E-state index in [4.69, 9.17) is 4.42 Å². The van der Waals surface area contributed by atoms with Crippen LogP contribution in [0.5, 0.6) is 0 Å². The summed E-state index contributed by atoms with van der Waals surface area (Å²) in [6.45, 7) is 0. The number of para-hydroxylation sites is 1. The molecule has 12 rings (SSSR count). The van der Waals surface area contributed by atoms with Gasteiger partial charge in [-0.3, -0.25) is 0 Å². The minimum atomic E-state index is -0.0321. The Hall–Kier alpha value is -7.94. The first-order chi connectivity index (χ1) is 30.7. The van der Waals surface area contributed by atoms with Crippen molar-refractivity contribution in [2.24, 2.45) is 0 Å². The van der Waals surface area contributed by atoms with Crippen LogP contribution in [0.2, 0.25) is 0 Å². The molecule has 0 aliphatic heterocycles. The minimum absolute atomic E-state index is 0.0321. The van der Waals surface area contributed by atoms with Gasteiger partial charge in [-0.25, -0.2) is 0 Å². The summed E-state index contributed by atoms with van der Waals surface area (Å²) < 4.78 is 6.55. The zero-order valence-corrected chi connectivity index (χ0v) is 34.1. The molecule has 1 heterocycles. The van der Waals surface area contributed by atoms with Crippen LogP contribution >= 0.6 is 0 Å². The second kappa shape index (κ2) is 15.0. The van der Waals surface area contributed by atoms with Crippen LogP contribution in [0.1, 0.15) is 17.5 Å². The summed E-state index contributed by atoms with van der Waals surface area (Å²) in [5, 5.41) is 9.87. The Balaban J connectivity index is 0.990. The lowest BCUT2D eigenvalue weighted by Crippen LogP contribution is -2.33. The van der Waals surface area contributed by atoms with Gasteiger partial charge >= 0.3 is 0 Å². The summed E-state index contributed by atoms with van der Waals surface area (Å²) in [5.74, 6) is 0. The van der Waals surface area contributed by atoms with Crippen molar-refractivity contribution in [3.8, 4) is 22.3 Å². The molecule has 1 atom stereocenters. The molecular formula is C60H41NO. The van der Waals surface area contributed by atoms with Gasteiger partial charge in [0.15, 0.2) is 0 Å². The molecule has 1 aliphatic carbocycles. The monoisotopic (exact) mass is 791 g/mol. The minimum Gasteiger partial charge on any atom is -0.456 e. The summed E-state index contributed by atoms with van der Waals surface area (Å²) in [7, 11) is 0. The highest BCUT2D eigenvalue weighted by Crippen LogP contribution is 2.45. The average molecular weight is 792 g/mol. The molecule has 62 heavy (non-hydrogen) atoms. The standard InChI is InChI=1S/C60H41NO/c1-2-13-43(14-3-1)52-35-31-46(57-37-45-16-5-7-19-51(45)53-20-8-9-21-54(53)57)38-58(52)61(48-34-36-56-55-22-10-11-24-59(55)62-60(56)39-48)47-32-29-41(30-33-47)40-25-27-44(28-26-40)50-23-12-17-42-15-4-6-18-49(42)50/h1-37,39,58H,38H2. The number of hydrogen-bond acceptors (Lipinski definition) is 2. The number of allylic oxidation sites excluding steroid dienone is 2. The van der Waals surface area contributed by atoms with Gasteiger partial charge in [-0.2, -0.15) is 0 Å². The molecule has 0 spiro atoms. The molecule has 2 nitrogen and oxygen atoms in total. The Morgan fingerprint density at radius 2 is 0.952 bits per heavy atom. The fourth-order valence-electron chi connectivity index (χ4n) is 9.86. The molecule has 0 saturated heterocycles. The van der Waals surface area contributed by atoms with Crippen molar-refractivity contribution in [1.29, 1.82) is 0 Å². The topological polar surface area (TPSA) is 16.4 Å². The summed E-state index contributed by atoms with van der Waals surface area (Å²) in [5.41, 5.74) is 13.9. The van der Waals surface area contributed by atoms with Gasteiger partial charge in [0, 0.05) is 28.2 Å². The zero-order valence-electron chi connectivity index (χ0n) is 34.1. The zero-order chi connectivity index (χ0) is 41.0. The van der Waals surface area contributed by atoms with Gasteiger partial charge in [-0.1, -0.05) is 188 Å². The predicted octanol–water partition coefficient (Wildman–Crippen LogP) is 16.5. The number of benzene rings is 10. The first-order valence-electron chi connectivity index (χ1n) is 21.5. The third-order valence-electron chi connectivity index (χ3n) is 12.9. The lowest BCUT2D eigenvalue weighted by molar-refractivity contribution is 0.668. The maximum absolute atomic E-state index is 6.55. The van der Waals surface area contributed by atoms with Crippen LogP contribution in [0.15, 0.2) is 235 Å². The van der Waals surface area contributed by atoms with Gasteiger partial charge in [-0.15, -0.1) is 0 Å². The molecule has 0 radical (unpaired) electrons. The van der Waals surface area contributed by atoms with E-state index in [2.05, 4.69) is 229 Å². The summed E-state index contributed by atoms with van der Waals surface area (Å²) >= 11 is 0. The van der Waals surface area contributed by atoms with E-state index in [1.54, 1.807) is 0 Å². The third-order valence-corrected chi connectivity index (χ3v) is 12.9. The second-order valence-corrected chi connectivity index (χ2v) is 16.4. The van der Waals surface area contributed by atoms with Crippen LogP contribution in [0, 0.1) is 0 Å². The largest absolute Gasteiger partial charge is 0.456 e. The molecule has 1 aromatic heterocycles. The molecule has 0 bridgehead atoms. The van der Waals surface area contributed by atoms with Crippen molar-refractivity contribution >= 4 is 76.8 Å². The van der Waals surface area contributed by atoms with Crippen molar-refractivity contribution in [3.63, 3.8) is 0 Å². The van der Waals surface area contributed by atoms with Crippen LogP contribution in [0.3, 0.4) is 0 Å². The predicted molar refractivity (Wildman–Crippen MR) is 263 cm³/mol. The fourth-order valence-corrected chi connectivity index (χ4v) is 9.86. The quantitative estimate of drug-likeness (QED) is 0.150. The van der Waals surface area contributed by atoms with E-state index >= 15 is 0 Å². The summed E-state index contributed by atoms with van der Waals surface area (Å²) in [4.78, 5) is 2.54. The number of furan rings is 1. The van der Waals surface area contributed by atoms with Crippen molar-refractivity contribution in [2.45, 2.75) is 12.5 Å². The molecular weight excluding hydrogens is 751 g/mol. The Bertz CT molecular complexity index is 3530. The second-order valence-electron chi connectivity index (χ2n) is 16.4. The van der Waals surface area contributed by atoms with E-state index < -0.39 is 0 Å². The van der Waals surface area contributed by atoms with Crippen LogP contribution < -0.4 is 4.90 Å². The van der Waals surface area contributed by atoms with Gasteiger partial charge in [0.25, 0.3) is 0 Å². The third kappa shape index (κ3) is 6.19. The highest BCUT2D eigenvalue weighted by molar-refractivity contribution is 6.12. The van der Waals surface area contributed by atoms with Crippen molar-refractivity contribution in [2.75, 3.05) is 4.90 Å². The molecule has 0 saturated carbocycles. The van der Waals surface area contributed by atoms with E-state index in [1.807, 2.05) is 6.07 Å². The number of fused-ring (bicyclic) bond motifs is 7. The van der Waals surface area contributed by atoms with E-state index in [0.717, 1.165) is 39.7 Å². The Morgan fingerprint density at radius 1 is 0.355 bits per heavy atom. The van der Waals surface area contributed by atoms with Crippen molar-refractivity contribution in [3.05, 3.63) is 242 Å². The van der Waals surface area contributed by atoms with Crippen molar-refractivity contribution in [1.82, 2.24) is 0 Å². The summed E-state index contributed by atoms with van der Waals surface area (Å²) in [6, 6.07) is 79.3. The highest BCUT2D eigenvalue weighted by Gasteiger charge is 2.30. The molecule has 0 N–H and O–H groups in total. The van der Waals surface area contributed by atoms with Crippen molar-refractivity contribution < 1.29 is 4.42 Å². The van der Waals surface area contributed by atoms with Gasteiger partial charge in [0.1, 0.15) is 11.2 Å². The van der Waals surface area contributed by atoms with E-state index in [1.165, 1.54) is 76.8 Å². The smallest absolute Gasteiger partial charge is 0.137 e. The first kappa shape index (κ1) is 36.0. The molecule has 2 heteroatoms. The van der Waals surface area contributed by atoms with Gasteiger partial charge in [0.2, 0.25) is 0 Å². The molecule has 0 fully saturated rings. The van der Waals surface area contributed by atoms with E-state index in [0.29, 0.717) is 0 Å². The highest BCUT2D eigenvalue weighted by atomic mass is 16.3. The SMILES string of the molecule is C1=C(c2cc3ccccc3c3ccccc23)CC(N(c2ccc(-c3ccc(-c4cccc5ccccc45)cc3)cc2)c2ccc3c(c2)oc2ccccc23)C(c2ccccc2)=C1. The molecule has 292 valence electrons. The van der Waals surface area contributed by atoms with Crippen LogP contribution in [0.25, 0.3) is 87.7 Å².